The van der Waals surface area contributed by atoms with Gasteiger partial charge in [-0.25, -0.2) is 9.78 Å². The highest BCUT2D eigenvalue weighted by Gasteiger charge is 2.34. The van der Waals surface area contributed by atoms with Crippen LogP contribution in [0.15, 0.2) is 65.9 Å². The number of hydrogen-bond donors (Lipinski definition) is 2. The Morgan fingerprint density at radius 2 is 1.91 bits per heavy atom. The van der Waals surface area contributed by atoms with E-state index in [1.807, 2.05) is 54.6 Å². The zero-order chi connectivity index (χ0) is 24.1. The highest BCUT2D eigenvalue weighted by molar-refractivity contribution is 6.08. The van der Waals surface area contributed by atoms with Crippen LogP contribution in [0.1, 0.15) is 11.3 Å². The number of para-hydroxylation sites is 2. The van der Waals surface area contributed by atoms with Gasteiger partial charge in [-0.3, -0.25) is 4.79 Å². The van der Waals surface area contributed by atoms with E-state index in [-0.39, 0.29) is 36.9 Å². The molecule has 0 saturated carbocycles. The van der Waals surface area contributed by atoms with Crippen LogP contribution >= 0.6 is 0 Å². The van der Waals surface area contributed by atoms with Crippen LogP contribution in [0.5, 0.6) is 5.75 Å². The van der Waals surface area contributed by atoms with Crippen LogP contribution in [-0.2, 0) is 27.2 Å². The van der Waals surface area contributed by atoms with Crippen molar-refractivity contribution in [1.82, 2.24) is 9.88 Å². The monoisotopic (exact) mass is 461 g/mol. The molecular formula is C26H27N3O5. The summed E-state index contributed by atoms with van der Waals surface area (Å²) in [7, 11) is 2.92. The Labute approximate surface area is 197 Å². The minimum atomic E-state index is -0.567. The minimum absolute atomic E-state index is 0.0966. The number of aliphatic hydroxyl groups is 1. The highest BCUT2D eigenvalue weighted by Crippen LogP contribution is 2.27. The summed E-state index contributed by atoms with van der Waals surface area (Å²) in [5.74, 6) is -0.175. The van der Waals surface area contributed by atoms with E-state index in [0.29, 0.717) is 12.8 Å². The maximum atomic E-state index is 12.9. The molecule has 2 N–H and O–H groups in total. The summed E-state index contributed by atoms with van der Waals surface area (Å²) < 4.78 is 10.3. The third-order valence-electron chi connectivity index (χ3n) is 5.84. The molecule has 2 heterocycles. The molecule has 0 aliphatic carbocycles. The Bertz CT molecular complexity index is 1250. The number of aliphatic hydroxyl groups excluding tert-OH is 1. The number of rotatable bonds is 9. The lowest BCUT2D eigenvalue weighted by molar-refractivity contribution is -0.136. The van der Waals surface area contributed by atoms with Crippen molar-refractivity contribution in [2.24, 2.45) is 0 Å². The number of carbonyl (C=O) groups excluding carboxylic acids is 2. The summed E-state index contributed by atoms with van der Waals surface area (Å²) in [5, 5.41) is 13.4. The first-order valence-corrected chi connectivity index (χ1v) is 11.0. The van der Waals surface area contributed by atoms with Crippen LogP contribution in [0.25, 0.3) is 10.9 Å². The zero-order valence-electron chi connectivity index (χ0n) is 19.2. The first-order valence-electron chi connectivity index (χ1n) is 11.0. The zero-order valence-corrected chi connectivity index (χ0v) is 19.2. The van der Waals surface area contributed by atoms with Crippen LogP contribution < -0.4 is 10.1 Å². The molecule has 3 aromatic rings. The molecule has 1 aliphatic heterocycles. The standard InChI is InChI=1S/C26H27N3O5/c1-33-22-9-5-7-18-11-13-19(27-23(18)22)12-10-17-6-3-4-8-21(17)28-24-20(26(32)34-2)16-29(14-15-30)25(24)31/h3-9,11,13,28,30H,10,12,14-16H2,1-2H3. The van der Waals surface area contributed by atoms with Crippen molar-refractivity contribution in [3.8, 4) is 5.75 Å². The number of esters is 1. The van der Waals surface area contributed by atoms with Crippen molar-refractivity contribution in [2.45, 2.75) is 12.8 Å². The van der Waals surface area contributed by atoms with E-state index in [2.05, 4.69) is 5.32 Å². The molecular weight excluding hydrogens is 434 g/mol. The summed E-state index contributed by atoms with van der Waals surface area (Å²) in [6.07, 6.45) is 1.35. The summed E-state index contributed by atoms with van der Waals surface area (Å²) in [6.45, 7) is 0.0518. The number of nitrogens with one attached hydrogen (secondary N) is 1. The van der Waals surface area contributed by atoms with Crippen LogP contribution in [0.2, 0.25) is 0 Å². The van der Waals surface area contributed by atoms with Crippen molar-refractivity contribution in [3.63, 3.8) is 0 Å². The molecule has 0 bridgehead atoms. The van der Waals surface area contributed by atoms with Gasteiger partial charge in [-0.15, -0.1) is 0 Å². The predicted octanol–water partition coefficient (Wildman–Crippen LogP) is 2.70. The molecule has 8 heteroatoms. The normalized spacial score (nSPS) is 13.5. The Morgan fingerprint density at radius 3 is 2.68 bits per heavy atom. The number of carbonyl (C=O) groups is 2. The summed E-state index contributed by atoms with van der Waals surface area (Å²) in [6, 6.07) is 17.5. The number of benzene rings is 2. The lowest BCUT2D eigenvalue weighted by Crippen LogP contribution is -2.31. The number of nitrogens with zero attached hydrogens (tertiary/aromatic N) is 2. The van der Waals surface area contributed by atoms with Crippen LogP contribution in [0, 0.1) is 0 Å². The second kappa shape index (κ2) is 10.4. The lowest BCUT2D eigenvalue weighted by atomic mass is 10.0. The molecule has 8 nitrogen and oxygen atoms in total. The Hall–Kier alpha value is -3.91. The maximum absolute atomic E-state index is 12.9. The van der Waals surface area contributed by atoms with Gasteiger partial charge >= 0.3 is 5.97 Å². The number of methoxy groups -OCH3 is 2. The largest absolute Gasteiger partial charge is 0.494 e. The molecule has 1 aromatic heterocycles. The number of fused-ring (bicyclic) bond motifs is 1. The first-order chi connectivity index (χ1) is 16.5. The van der Waals surface area contributed by atoms with Crippen molar-refractivity contribution in [3.05, 3.63) is 77.1 Å². The van der Waals surface area contributed by atoms with Crippen LogP contribution in [-0.4, -0.2) is 60.8 Å². The van der Waals surface area contributed by atoms with E-state index < -0.39 is 5.97 Å². The Kier molecular flexibility index (Phi) is 7.08. The molecule has 1 aliphatic rings. The van der Waals surface area contributed by atoms with Crippen molar-refractivity contribution >= 4 is 28.5 Å². The minimum Gasteiger partial charge on any atom is -0.494 e. The molecule has 0 unspecified atom stereocenters. The number of amides is 1. The maximum Gasteiger partial charge on any atom is 0.337 e. The first kappa shape index (κ1) is 23.3. The number of hydrogen-bond acceptors (Lipinski definition) is 7. The predicted molar refractivity (Wildman–Crippen MR) is 128 cm³/mol. The fourth-order valence-electron chi connectivity index (χ4n) is 4.07. The number of anilines is 1. The van der Waals surface area contributed by atoms with Gasteiger partial charge in [0.05, 0.1) is 32.9 Å². The molecule has 0 fully saturated rings. The number of β-amino-alcohol motifs (C(OH)–C–C–N with tert-alkyl or cyclic N) is 1. The number of ether oxygens (including phenoxy) is 2. The fraction of sp³-hybridized carbons (Fsp3) is 0.269. The lowest BCUT2D eigenvalue weighted by Gasteiger charge is -2.16. The molecule has 2 aromatic carbocycles. The summed E-state index contributed by atoms with van der Waals surface area (Å²) in [4.78, 5) is 31.4. The van der Waals surface area contributed by atoms with E-state index >= 15 is 0 Å². The summed E-state index contributed by atoms with van der Waals surface area (Å²) in [5.41, 5.74) is 3.89. The van der Waals surface area contributed by atoms with Crippen LogP contribution in [0.4, 0.5) is 5.69 Å². The SMILES string of the molecule is COC(=O)C1=C(Nc2ccccc2CCc2ccc3cccc(OC)c3n2)C(=O)N(CCO)C1. The van der Waals surface area contributed by atoms with Gasteiger partial charge in [0.2, 0.25) is 0 Å². The van der Waals surface area contributed by atoms with Gasteiger partial charge < -0.3 is 24.8 Å². The van der Waals surface area contributed by atoms with Gasteiger partial charge in [0, 0.05) is 23.3 Å². The highest BCUT2D eigenvalue weighted by atomic mass is 16.5. The summed E-state index contributed by atoms with van der Waals surface area (Å²) >= 11 is 0. The van der Waals surface area contributed by atoms with Crippen LogP contribution in [0.3, 0.4) is 0 Å². The van der Waals surface area contributed by atoms with Gasteiger partial charge in [-0.2, -0.15) is 0 Å². The van der Waals surface area contributed by atoms with Gasteiger partial charge in [-0.05, 0) is 36.6 Å². The number of pyridine rings is 1. The molecule has 0 radical (unpaired) electrons. The third-order valence-corrected chi connectivity index (χ3v) is 5.84. The van der Waals surface area contributed by atoms with E-state index in [9.17, 15) is 14.7 Å². The molecule has 4 rings (SSSR count). The van der Waals surface area contributed by atoms with Gasteiger partial charge in [0.1, 0.15) is 17.0 Å². The quantitative estimate of drug-likeness (QED) is 0.473. The van der Waals surface area contributed by atoms with Crippen molar-refractivity contribution in [2.75, 3.05) is 39.2 Å². The smallest absolute Gasteiger partial charge is 0.337 e. The average molecular weight is 462 g/mol. The molecule has 0 saturated heterocycles. The molecule has 34 heavy (non-hydrogen) atoms. The Morgan fingerprint density at radius 1 is 1.09 bits per heavy atom. The van der Waals surface area contributed by atoms with Crippen molar-refractivity contribution in [1.29, 1.82) is 0 Å². The van der Waals surface area contributed by atoms with Crippen molar-refractivity contribution < 1.29 is 24.2 Å². The second-order valence-corrected chi connectivity index (χ2v) is 7.91. The third kappa shape index (κ3) is 4.72. The van der Waals surface area contributed by atoms with E-state index in [1.54, 1.807) is 7.11 Å². The molecule has 0 atom stereocenters. The van der Waals surface area contributed by atoms with E-state index in [1.165, 1.54) is 12.0 Å². The van der Waals surface area contributed by atoms with Gasteiger partial charge in [-0.1, -0.05) is 36.4 Å². The topological polar surface area (TPSA) is 101 Å². The van der Waals surface area contributed by atoms with E-state index in [4.69, 9.17) is 14.5 Å². The van der Waals surface area contributed by atoms with E-state index in [0.717, 1.165) is 33.6 Å². The fourth-order valence-corrected chi connectivity index (χ4v) is 4.07. The van der Waals surface area contributed by atoms with Gasteiger partial charge in [0.15, 0.2) is 0 Å². The second-order valence-electron chi connectivity index (χ2n) is 7.91. The number of aromatic nitrogens is 1. The molecule has 176 valence electrons. The number of aryl methyl sites for hydroxylation is 2. The average Bonchev–Trinajstić information content (AvgIpc) is 3.17. The Balaban J connectivity index is 1.57. The molecule has 0 spiro atoms. The molecule has 1 amide bonds. The van der Waals surface area contributed by atoms with Gasteiger partial charge in [0.25, 0.3) is 5.91 Å².